The summed E-state index contributed by atoms with van der Waals surface area (Å²) in [4.78, 5) is 15.6. The Hall–Kier alpha value is -1.13. The van der Waals surface area contributed by atoms with E-state index in [-0.39, 0.29) is 5.43 Å². The van der Waals surface area contributed by atoms with Crippen LogP contribution >= 0.6 is 31.9 Å². The third kappa shape index (κ3) is 1.81. The zero-order valence-electron chi connectivity index (χ0n) is 8.63. The minimum absolute atomic E-state index is 0.0522. The van der Waals surface area contributed by atoms with Crippen molar-refractivity contribution >= 4 is 53.7 Å². The Morgan fingerprint density at radius 3 is 1.76 bits per heavy atom. The van der Waals surface area contributed by atoms with Crippen LogP contribution in [-0.2, 0) is 0 Å². The molecule has 0 aliphatic heterocycles. The van der Waals surface area contributed by atoms with Gasteiger partial charge in [-0.3, -0.25) is 4.79 Å². The molecule has 2 aromatic carbocycles. The van der Waals surface area contributed by atoms with Crippen LogP contribution in [0.15, 0.2) is 50.1 Å². The first-order chi connectivity index (χ1) is 8.15. The Labute approximate surface area is 114 Å². The highest BCUT2D eigenvalue weighted by Gasteiger charge is 2.05. The highest BCUT2D eigenvalue weighted by molar-refractivity contribution is 9.10. The standard InChI is InChI=1S/C13H7Br2NO/c14-7-1-3-11-9(5-7)13(17)10-6-8(15)2-4-12(10)16-11/h1-6H,(H,16,17). The van der Waals surface area contributed by atoms with Gasteiger partial charge in [-0.25, -0.2) is 0 Å². The number of hydrogen-bond acceptors (Lipinski definition) is 1. The van der Waals surface area contributed by atoms with Crippen LogP contribution in [-0.4, -0.2) is 4.98 Å². The second kappa shape index (κ2) is 3.96. The Bertz CT molecular complexity index is 729. The smallest absolute Gasteiger partial charge is 0.197 e. The molecule has 3 rings (SSSR count). The van der Waals surface area contributed by atoms with Gasteiger partial charge in [-0.1, -0.05) is 31.9 Å². The molecule has 2 nitrogen and oxygen atoms in total. The van der Waals surface area contributed by atoms with Gasteiger partial charge in [0, 0.05) is 30.8 Å². The van der Waals surface area contributed by atoms with Crippen molar-refractivity contribution in [3.05, 3.63) is 55.6 Å². The summed E-state index contributed by atoms with van der Waals surface area (Å²) in [5.41, 5.74) is 1.76. The van der Waals surface area contributed by atoms with E-state index in [1.165, 1.54) is 0 Å². The zero-order valence-corrected chi connectivity index (χ0v) is 11.8. The van der Waals surface area contributed by atoms with Crippen LogP contribution in [0.3, 0.4) is 0 Å². The minimum atomic E-state index is 0.0522. The van der Waals surface area contributed by atoms with Gasteiger partial charge < -0.3 is 4.98 Å². The molecule has 17 heavy (non-hydrogen) atoms. The van der Waals surface area contributed by atoms with Gasteiger partial charge in [0.1, 0.15) is 0 Å². The van der Waals surface area contributed by atoms with Crippen LogP contribution in [0.5, 0.6) is 0 Å². The topological polar surface area (TPSA) is 32.9 Å². The van der Waals surface area contributed by atoms with E-state index in [4.69, 9.17) is 0 Å². The second-order valence-electron chi connectivity index (χ2n) is 3.83. The van der Waals surface area contributed by atoms with Crippen molar-refractivity contribution in [1.29, 1.82) is 0 Å². The monoisotopic (exact) mass is 351 g/mol. The van der Waals surface area contributed by atoms with E-state index in [0.29, 0.717) is 10.8 Å². The van der Waals surface area contributed by atoms with Crippen molar-refractivity contribution in [3.63, 3.8) is 0 Å². The first-order valence-electron chi connectivity index (χ1n) is 5.06. The predicted molar refractivity (Wildman–Crippen MR) is 77.5 cm³/mol. The molecule has 0 aliphatic rings. The summed E-state index contributed by atoms with van der Waals surface area (Å²) in [7, 11) is 0. The molecule has 0 amide bonds. The van der Waals surface area contributed by atoms with Crippen LogP contribution in [0.2, 0.25) is 0 Å². The molecule has 0 bridgehead atoms. The van der Waals surface area contributed by atoms with E-state index in [0.717, 1.165) is 20.0 Å². The summed E-state index contributed by atoms with van der Waals surface area (Å²) in [6.45, 7) is 0. The molecule has 4 heteroatoms. The third-order valence-corrected chi connectivity index (χ3v) is 3.71. The molecule has 0 aliphatic carbocycles. The lowest BCUT2D eigenvalue weighted by Crippen LogP contribution is -2.03. The molecule has 0 unspecified atom stereocenters. The van der Waals surface area contributed by atoms with Crippen molar-refractivity contribution < 1.29 is 0 Å². The molecule has 84 valence electrons. The molecule has 0 spiro atoms. The first kappa shape index (κ1) is 11.0. The number of fused-ring (bicyclic) bond motifs is 2. The fourth-order valence-electron chi connectivity index (χ4n) is 1.92. The van der Waals surface area contributed by atoms with Gasteiger partial charge in [0.2, 0.25) is 0 Å². The van der Waals surface area contributed by atoms with Crippen LogP contribution in [0.1, 0.15) is 0 Å². The van der Waals surface area contributed by atoms with E-state index in [1.807, 2.05) is 36.4 Å². The number of pyridine rings is 1. The lowest BCUT2D eigenvalue weighted by atomic mass is 10.1. The lowest BCUT2D eigenvalue weighted by molar-refractivity contribution is 1.47. The number of rotatable bonds is 0. The van der Waals surface area contributed by atoms with Crippen LogP contribution in [0.4, 0.5) is 0 Å². The Morgan fingerprint density at radius 2 is 1.29 bits per heavy atom. The van der Waals surface area contributed by atoms with Gasteiger partial charge >= 0.3 is 0 Å². The van der Waals surface area contributed by atoms with Gasteiger partial charge in [0.15, 0.2) is 5.43 Å². The second-order valence-corrected chi connectivity index (χ2v) is 5.67. The molecule has 3 aromatic rings. The largest absolute Gasteiger partial charge is 0.354 e. The maximum atomic E-state index is 12.3. The van der Waals surface area contributed by atoms with E-state index < -0.39 is 0 Å². The number of benzene rings is 2. The summed E-state index contributed by atoms with van der Waals surface area (Å²) in [5.74, 6) is 0. The first-order valence-corrected chi connectivity index (χ1v) is 6.64. The molecule has 1 heterocycles. The Balaban J connectivity index is 2.58. The summed E-state index contributed by atoms with van der Waals surface area (Å²) >= 11 is 6.77. The van der Waals surface area contributed by atoms with Gasteiger partial charge in [0.05, 0.1) is 0 Å². The van der Waals surface area contributed by atoms with Crippen LogP contribution in [0, 0.1) is 0 Å². The fourth-order valence-corrected chi connectivity index (χ4v) is 2.64. The average molecular weight is 353 g/mol. The van der Waals surface area contributed by atoms with Crippen LogP contribution < -0.4 is 5.43 Å². The number of hydrogen-bond donors (Lipinski definition) is 1. The molecular weight excluding hydrogens is 346 g/mol. The zero-order chi connectivity index (χ0) is 12.0. The third-order valence-electron chi connectivity index (χ3n) is 2.72. The molecular formula is C13H7Br2NO. The Kier molecular flexibility index (Phi) is 2.56. The minimum Gasteiger partial charge on any atom is -0.354 e. The molecule has 0 saturated heterocycles. The van der Waals surface area contributed by atoms with Crippen molar-refractivity contribution in [3.8, 4) is 0 Å². The maximum Gasteiger partial charge on any atom is 0.197 e. The average Bonchev–Trinajstić information content (AvgIpc) is 2.32. The number of nitrogens with one attached hydrogen (secondary N) is 1. The fraction of sp³-hybridized carbons (Fsp3) is 0. The van der Waals surface area contributed by atoms with Crippen molar-refractivity contribution in [2.45, 2.75) is 0 Å². The highest BCUT2D eigenvalue weighted by atomic mass is 79.9. The van der Waals surface area contributed by atoms with E-state index in [9.17, 15) is 4.79 Å². The van der Waals surface area contributed by atoms with E-state index in [2.05, 4.69) is 36.8 Å². The van der Waals surface area contributed by atoms with Crippen molar-refractivity contribution in [1.82, 2.24) is 4.98 Å². The molecule has 1 aromatic heterocycles. The molecule has 0 saturated carbocycles. The highest BCUT2D eigenvalue weighted by Crippen LogP contribution is 2.21. The van der Waals surface area contributed by atoms with E-state index in [1.54, 1.807) is 0 Å². The van der Waals surface area contributed by atoms with Gasteiger partial charge in [-0.2, -0.15) is 0 Å². The number of aromatic amines is 1. The summed E-state index contributed by atoms with van der Waals surface area (Å²) in [5, 5.41) is 1.40. The van der Waals surface area contributed by atoms with Crippen LogP contribution in [0.25, 0.3) is 21.8 Å². The number of halogens is 2. The summed E-state index contributed by atoms with van der Waals surface area (Å²) in [6.07, 6.45) is 0. The Morgan fingerprint density at radius 1 is 0.824 bits per heavy atom. The number of H-pyrrole nitrogens is 1. The summed E-state index contributed by atoms with van der Waals surface area (Å²) < 4.78 is 1.81. The van der Waals surface area contributed by atoms with Gasteiger partial charge in [0.25, 0.3) is 0 Å². The quantitative estimate of drug-likeness (QED) is 0.604. The van der Waals surface area contributed by atoms with Gasteiger partial charge in [-0.05, 0) is 36.4 Å². The molecule has 1 N–H and O–H groups in total. The predicted octanol–water partition coefficient (Wildman–Crippen LogP) is 4.21. The van der Waals surface area contributed by atoms with E-state index >= 15 is 0 Å². The number of aromatic nitrogens is 1. The van der Waals surface area contributed by atoms with Gasteiger partial charge in [-0.15, -0.1) is 0 Å². The molecule has 0 radical (unpaired) electrons. The molecule has 0 atom stereocenters. The lowest BCUT2D eigenvalue weighted by Gasteiger charge is -2.03. The molecule has 0 fully saturated rings. The SMILES string of the molecule is O=c1c2cc(Br)ccc2[nH]c2ccc(Br)cc12. The van der Waals surface area contributed by atoms with Crippen molar-refractivity contribution in [2.75, 3.05) is 0 Å². The summed E-state index contributed by atoms with van der Waals surface area (Å²) in [6, 6.07) is 11.3. The van der Waals surface area contributed by atoms with Crippen molar-refractivity contribution in [2.24, 2.45) is 0 Å². The maximum absolute atomic E-state index is 12.3. The normalized spacial score (nSPS) is 11.2.